The summed E-state index contributed by atoms with van der Waals surface area (Å²) in [5, 5.41) is 5.63. The molecule has 2 N–H and O–H groups in total. The third-order valence-corrected chi connectivity index (χ3v) is 2.34. The lowest BCUT2D eigenvalue weighted by atomic mass is 9.99. The lowest BCUT2D eigenvalue weighted by molar-refractivity contribution is -0.121. The minimum atomic E-state index is -0.307. The molecule has 5 heteroatoms. The molecule has 0 aromatic heterocycles. The van der Waals surface area contributed by atoms with Crippen LogP contribution in [-0.2, 0) is 9.53 Å². The van der Waals surface area contributed by atoms with Gasteiger partial charge in [-0.3, -0.25) is 15.1 Å². The number of ether oxygens (including phenoxy) is 1. The van der Waals surface area contributed by atoms with Gasteiger partial charge in [0.1, 0.15) is 6.04 Å². The summed E-state index contributed by atoms with van der Waals surface area (Å²) in [6, 6.07) is -0.247. The summed E-state index contributed by atoms with van der Waals surface area (Å²) < 4.78 is 5.26. The number of carbonyl (C=O) groups excluding carboxylic acids is 1. The maximum Gasteiger partial charge on any atom is 0.249 e. The van der Waals surface area contributed by atoms with E-state index in [0.29, 0.717) is 12.4 Å². The molecule has 1 aliphatic heterocycles. The van der Waals surface area contributed by atoms with E-state index in [0.717, 1.165) is 0 Å². The molecular formula is C9H17N3O2. The van der Waals surface area contributed by atoms with Crippen molar-refractivity contribution in [1.29, 1.82) is 0 Å². The van der Waals surface area contributed by atoms with E-state index in [9.17, 15) is 4.79 Å². The van der Waals surface area contributed by atoms with E-state index in [-0.39, 0.29) is 17.6 Å². The van der Waals surface area contributed by atoms with Gasteiger partial charge in [-0.05, 0) is 13.8 Å². The topological polar surface area (TPSA) is 62.7 Å². The summed E-state index contributed by atoms with van der Waals surface area (Å²) in [6.07, 6.45) is 0.619. The molecule has 80 valence electrons. The van der Waals surface area contributed by atoms with E-state index in [1.54, 1.807) is 14.2 Å². The summed E-state index contributed by atoms with van der Waals surface area (Å²) in [6.45, 7) is 3.89. The molecule has 1 saturated heterocycles. The van der Waals surface area contributed by atoms with Gasteiger partial charge in [0.2, 0.25) is 5.91 Å². The quantitative estimate of drug-likeness (QED) is 0.666. The molecule has 0 spiro atoms. The summed E-state index contributed by atoms with van der Waals surface area (Å²) in [5.41, 5.74) is -0.307. The van der Waals surface area contributed by atoms with Crippen LogP contribution >= 0.6 is 0 Å². The van der Waals surface area contributed by atoms with Gasteiger partial charge in [-0.25, -0.2) is 0 Å². The molecule has 0 saturated carbocycles. The van der Waals surface area contributed by atoms with E-state index in [4.69, 9.17) is 4.74 Å². The highest BCUT2D eigenvalue weighted by molar-refractivity contribution is 6.06. The Labute approximate surface area is 83.9 Å². The zero-order chi connectivity index (χ0) is 10.8. The molecule has 1 unspecified atom stereocenters. The van der Waals surface area contributed by atoms with Gasteiger partial charge >= 0.3 is 0 Å². The van der Waals surface area contributed by atoms with Crippen LogP contribution in [0.2, 0.25) is 0 Å². The SMILES string of the molecule is CN=C1NC(=O)C(CC(C)(C)OC)N1. The fraction of sp³-hybridized carbons (Fsp3) is 0.778. The van der Waals surface area contributed by atoms with Crippen molar-refractivity contribution in [3.8, 4) is 0 Å². The Bertz CT molecular complexity index is 261. The number of hydrogen-bond acceptors (Lipinski definition) is 3. The molecule has 5 nitrogen and oxygen atoms in total. The number of carbonyl (C=O) groups is 1. The molecule has 0 bridgehead atoms. The fourth-order valence-electron chi connectivity index (χ4n) is 1.31. The van der Waals surface area contributed by atoms with Crippen LogP contribution < -0.4 is 10.6 Å². The zero-order valence-electron chi connectivity index (χ0n) is 9.05. The van der Waals surface area contributed by atoms with Crippen molar-refractivity contribution in [2.75, 3.05) is 14.2 Å². The maximum absolute atomic E-state index is 11.4. The van der Waals surface area contributed by atoms with E-state index in [2.05, 4.69) is 15.6 Å². The second-order valence-electron chi connectivity index (χ2n) is 3.93. The van der Waals surface area contributed by atoms with Gasteiger partial charge in [-0.2, -0.15) is 0 Å². The van der Waals surface area contributed by atoms with Gasteiger partial charge in [0.25, 0.3) is 0 Å². The predicted molar refractivity (Wildman–Crippen MR) is 54.1 cm³/mol. The van der Waals surface area contributed by atoms with Crippen molar-refractivity contribution >= 4 is 11.9 Å². The highest BCUT2D eigenvalue weighted by Crippen LogP contribution is 2.16. The molecule has 0 radical (unpaired) electrons. The van der Waals surface area contributed by atoms with Crippen molar-refractivity contribution in [1.82, 2.24) is 10.6 Å². The maximum atomic E-state index is 11.4. The standard InChI is InChI=1S/C9H17N3O2/c1-9(2,14-4)5-6-7(13)12-8(10-3)11-6/h6H,5H2,1-4H3,(H2,10,11,12,13). The van der Waals surface area contributed by atoms with Gasteiger partial charge in [0.05, 0.1) is 5.60 Å². The van der Waals surface area contributed by atoms with Crippen LogP contribution in [0.4, 0.5) is 0 Å². The van der Waals surface area contributed by atoms with Gasteiger partial charge in [0.15, 0.2) is 5.96 Å². The lowest BCUT2D eigenvalue weighted by Crippen LogP contribution is -2.38. The first-order valence-corrected chi connectivity index (χ1v) is 4.58. The van der Waals surface area contributed by atoms with Crippen LogP contribution in [-0.4, -0.2) is 37.7 Å². The van der Waals surface area contributed by atoms with E-state index >= 15 is 0 Å². The van der Waals surface area contributed by atoms with Crippen LogP contribution in [0.25, 0.3) is 0 Å². The average molecular weight is 199 g/mol. The van der Waals surface area contributed by atoms with Crippen molar-refractivity contribution in [3.63, 3.8) is 0 Å². The molecule has 1 rings (SSSR count). The Balaban J connectivity index is 2.59. The highest BCUT2D eigenvalue weighted by atomic mass is 16.5. The Kier molecular flexibility index (Phi) is 3.10. The number of aliphatic imine (C=N–C) groups is 1. The van der Waals surface area contributed by atoms with Crippen molar-refractivity contribution in [3.05, 3.63) is 0 Å². The summed E-state index contributed by atoms with van der Waals surface area (Å²) in [7, 11) is 3.27. The minimum Gasteiger partial charge on any atom is -0.379 e. The summed E-state index contributed by atoms with van der Waals surface area (Å²) in [4.78, 5) is 15.3. The van der Waals surface area contributed by atoms with Gasteiger partial charge < -0.3 is 10.1 Å². The van der Waals surface area contributed by atoms with Crippen LogP contribution in [0.5, 0.6) is 0 Å². The molecule has 1 aliphatic rings. The number of nitrogens with zero attached hydrogens (tertiary/aromatic N) is 1. The average Bonchev–Trinajstić information content (AvgIpc) is 2.47. The summed E-state index contributed by atoms with van der Waals surface area (Å²) in [5.74, 6) is 0.489. The minimum absolute atomic E-state index is 0.0456. The number of amides is 1. The number of rotatable bonds is 3. The number of nitrogens with one attached hydrogen (secondary N) is 2. The number of methoxy groups -OCH3 is 1. The third-order valence-electron chi connectivity index (χ3n) is 2.34. The third kappa shape index (κ3) is 2.45. The Morgan fingerprint density at radius 1 is 1.57 bits per heavy atom. The Morgan fingerprint density at radius 3 is 2.64 bits per heavy atom. The smallest absolute Gasteiger partial charge is 0.249 e. The zero-order valence-corrected chi connectivity index (χ0v) is 9.05. The molecular weight excluding hydrogens is 182 g/mol. The molecule has 0 aromatic carbocycles. The fourth-order valence-corrected chi connectivity index (χ4v) is 1.31. The molecule has 1 heterocycles. The van der Waals surface area contributed by atoms with Crippen LogP contribution in [0.15, 0.2) is 4.99 Å². The number of hydrogen-bond donors (Lipinski definition) is 2. The normalized spacial score (nSPS) is 25.0. The molecule has 14 heavy (non-hydrogen) atoms. The van der Waals surface area contributed by atoms with Crippen molar-refractivity contribution in [2.24, 2.45) is 4.99 Å². The Hall–Kier alpha value is -1.10. The Morgan fingerprint density at radius 2 is 2.21 bits per heavy atom. The van der Waals surface area contributed by atoms with Crippen LogP contribution in [0.1, 0.15) is 20.3 Å². The van der Waals surface area contributed by atoms with Gasteiger partial charge in [0, 0.05) is 20.6 Å². The second kappa shape index (κ2) is 3.96. The molecule has 0 aliphatic carbocycles. The predicted octanol–water partition coefficient (Wildman–Crippen LogP) is -0.125. The second-order valence-corrected chi connectivity index (χ2v) is 3.93. The highest BCUT2D eigenvalue weighted by Gasteiger charge is 2.33. The molecule has 1 fully saturated rings. The van der Waals surface area contributed by atoms with Gasteiger partial charge in [-0.1, -0.05) is 0 Å². The van der Waals surface area contributed by atoms with Gasteiger partial charge in [-0.15, -0.1) is 0 Å². The lowest BCUT2D eigenvalue weighted by Gasteiger charge is -2.24. The number of guanidine groups is 1. The van der Waals surface area contributed by atoms with E-state index in [1.807, 2.05) is 13.8 Å². The van der Waals surface area contributed by atoms with Crippen molar-refractivity contribution in [2.45, 2.75) is 31.9 Å². The molecule has 1 atom stereocenters. The van der Waals surface area contributed by atoms with Crippen molar-refractivity contribution < 1.29 is 9.53 Å². The molecule has 0 aromatic rings. The molecule has 1 amide bonds. The first kappa shape index (κ1) is 11.0. The van der Waals surface area contributed by atoms with Crippen LogP contribution in [0.3, 0.4) is 0 Å². The summed E-state index contributed by atoms with van der Waals surface area (Å²) >= 11 is 0. The largest absolute Gasteiger partial charge is 0.379 e. The first-order chi connectivity index (χ1) is 6.48. The monoisotopic (exact) mass is 199 g/mol. The van der Waals surface area contributed by atoms with Crippen LogP contribution in [0, 0.1) is 0 Å². The first-order valence-electron chi connectivity index (χ1n) is 4.58. The van der Waals surface area contributed by atoms with E-state index in [1.165, 1.54) is 0 Å². The van der Waals surface area contributed by atoms with E-state index < -0.39 is 0 Å².